The first-order valence-electron chi connectivity index (χ1n) is 7.23. The van der Waals surface area contributed by atoms with E-state index < -0.39 is 23.1 Å². The molecule has 124 valence electrons. The van der Waals surface area contributed by atoms with Gasteiger partial charge in [-0.1, -0.05) is 35.9 Å². The molecule has 0 aliphatic heterocycles. The zero-order chi connectivity index (χ0) is 17.3. The molecule has 0 unspecified atom stereocenters. The number of carbonyl (C=O) groups is 1. The number of urea groups is 1. The van der Waals surface area contributed by atoms with Crippen LogP contribution in [0.1, 0.15) is 17.2 Å². The van der Waals surface area contributed by atoms with Crippen molar-refractivity contribution in [3.05, 3.63) is 68.7 Å². The minimum absolute atomic E-state index is 0.00824. The maximum atomic E-state index is 12.2. The molecule has 7 nitrogen and oxygen atoms in total. The lowest BCUT2D eigenvalue weighted by Crippen LogP contribution is -2.36. The van der Waals surface area contributed by atoms with Crippen LogP contribution in [0.15, 0.2) is 42.5 Å². The molecule has 0 bridgehead atoms. The quantitative estimate of drug-likeness (QED) is 0.586. The molecular weight excluding hydrogens is 334 g/mol. The van der Waals surface area contributed by atoms with E-state index in [9.17, 15) is 20.0 Å². The Morgan fingerprint density at radius 1 is 1.29 bits per heavy atom. The number of fused-ring (bicyclic) bond motifs is 1. The summed E-state index contributed by atoms with van der Waals surface area (Å²) in [6.45, 7) is 0. The number of amides is 2. The Hall–Kier alpha value is -2.64. The lowest BCUT2D eigenvalue weighted by atomic mass is 10.1. The van der Waals surface area contributed by atoms with Crippen LogP contribution < -0.4 is 10.6 Å². The molecule has 2 amide bonds. The molecule has 1 aliphatic carbocycles. The number of nitro benzene ring substituents is 1. The van der Waals surface area contributed by atoms with Crippen LogP contribution in [0.25, 0.3) is 0 Å². The summed E-state index contributed by atoms with van der Waals surface area (Å²) in [7, 11) is 0. The highest BCUT2D eigenvalue weighted by molar-refractivity contribution is 6.32. The van der Waals surface area contributed by atoms with Gasteiger partial charge in [0, 0.05) is 18.2 Å². The fourth-order valence-electron chi connectivity index (χ4n) is 2.79. The summed E-state index contributed by atoms with van der Waals surface area (Å²) >= 11 is 5.74. The van der Waals surface area contributed by atoms with Crippen molar-refractivity contribution in [2.24, 2.45) is 0 Å². The van der Waals surface area contributed by atoms with Gasteiger partial charge < -0.3 is 15.7 Å². The third-order valence-electron chi connectivity index (χ3n) is 3.89. The van der Waals surface area contributed by atoms with Crippen molar-refractivity contribution in [2.45, 2.75) is 18.6 Å². The smallest absolute Gasteiger partial charge is 0.319 e. The maximum Gasteiger partial charge on any atom is 0.319 e. The monoisotopic (exact) mass is 347 g/mol. The predicted octanol–water partition coefficient (Wildman–Crippen LogP) is 3.03. The number of nitrogens with one attached hydrogen (secondary N) is 2. The zero-order valence-electron chi connectivity index (χ0n) is 12.4. The molecule has 8 heteroatoms. The molecule has 2 aromatic carbocycles. The molecule has 0 fully saturated rings. The number of aliphatic hydroxyl groups is 1. The number of halogens is 1. The molecule has 2 atom stereocenters. The lowest BCUT2D eigenvalue weighted by Gasteiger charge is -2.18. The Kier molecular flexibility index (Phi) is 4.37. The van der Waals surface area contributed by atoms with E-state index in [1.807, 2.05) is 24.3 Å². The first-order chi connectivity index (χ1) is 11.5. The summed E-state index contributed by atoms with van der Waals surface area (Å²) < 4.78 is 0. The first kappa shape index (κ1) is 16.2. The number of rotatable bonds is 3. The molecule has 0 heterocycles. The van der Waals surface area contributed by atoms with Crippen LogP contribution in [0.4, 0.5) is 16.2 Å². The molecule has 24 heavy (non-hydrogen) atoms. The Morgan fingerprint density at radius 2 is 2.04 bits per heavy atom. The summed E-state index contributed by atoms with van der Waals surface area (Å²) in [5.41, 5.74) is 1.80. The average Bonchev–Trinajstić information content (AvgIpc) is 2.85. The largest absolute Gasteiger partial charge is 0.390 e. The minimum atomic E-state index is -0.715. The number of hydrogen-bond acceptors (Lipinski definition) is 4. The van der Waals surface area contributed by atoms with Crippen LogP contribution >= 0.6 is 11.6 Å². The van der Waals surface area contributed by atoms with Gasteiger partial charge >= 0.3 is 6.03 Å². The van der Waals surface area contributed by atoms with E-state index in [4.69, 9.17) is 11.6 Å². The second kappa shape index (κ2) is 6.46. The van der Waals surface area contributed by atoms with Gasteiger partial charge in [0.2, 0.25) is 0 Å². The van der Waals surface area contributed by atoms with Gasteiger partial charge in [0.05, 0.1) is 17.1 Å². The van der Waals surface area contributed by atoms with Gasteiger partial charge in [-0.05, 0) is 23.3 Å². The fraction of sp³-hybridized carbons (Fsp3) is 0.188. The Bertz CT molecular complexity index is 812. The number of hydrogen-bond donors (Lipinski definition) is 3. The van der Waals surface area contributed by atoms with E-state index in [0.29, 0.717) is 6.42 Å². The second-order valence-corrected chi connectivity index (χ2v) is 5.88. The fourth-order valence-corrected chi connectivity index (χ4v) is 2.97. The van der Waals surface area contributed by atoms with Crippen molar-refractivity contribution in [3.63, 3.8) is 0 Å². The van der Waals surface area contributed by atoms with Gasteiger partial charge in [0.25, 0.3) is 5.69 Å². The van der Waals surface area contributed by atoms with E-state index in [1.54, 1.807) is 0 Å². The highest BCUT2D eigenvalue weighted by Gasteiger charge is 2.31. The molecule has 2 aromatic rings. The summed E-state index contributed by atoms with van der Waals surface area (Å²) in [5, 5.41) is 26.2. The Labute approximate surface area is 142 Å². The average molecular weight is 348 g/mol. The van der Waals surface area contributed by atoms with E-state index in [-0.39, 0.29) is 16.4 Å². The normalized spacial score (nSPS) is 18.8. The van der Waals surface area contributed by atoms with Crippen LogP contribution in [-0.4, -0.2) is 22.2 Å². The summed E-state index contributed by atoms with van der Waals surface area (Å²) in [6, 6.07) is 10.4. The van der Waals surface area contributed by atoms with Gasteiger partial charge in [-0.2, -0.15) is 0 Å². The third kappa shape index (κ3) is 3.17. The van der Waals surface area contributed by atoms with Crippen molar-refractivity contribution < 1.29 is 14.8 Å². The molecule has 0 saturated carbocycles. The molecular formula is C16H14ClN3O4. The first-order valence-corrected chi connectivity index (χ1v) is 7.61. The van der Waals surface area contributed by atoms with E-state index in [1.165, 1.54) is 18.2 Å². The molecule has 0 aromatic heterocycles. The van der Waals surface area contributed by atoms with E-state index in [0.717, 1.165) is 11.1 Å². The highest BCUT2D eigenvalue weighted by Crippen LogP contribution is 2.31. The van der Waals surface area contributed by atoms with Crippen LogP contribution in [0.2, 0.25) is 5.02 Å². The molecule has 3 rings (SSSR count). The van der Waals surface area contributed by atoms with Gasteiger partial charge in [-0.15, -0.1) is 0 Å². The Morgan fingerprint density at radius 3 is 2.79 bits per heavy atom. The van der Waals surface area contributed by atoms with Crippen molar-refractivity contribution in [1.29, 1.82) is 0 Å². The summed E-state index contributed by atoms with van der Waals surface area (Å²) in [6.07, 6.45) is -0.249. The van der Waals surface area contributed by atoms with Crippen molar-refractivity contribution in [3.8, 4) is 0 Å². The minimum Gasteiger partial charge on any atom is -0.390 e. The molecule has 1 aliphatic rings. The topological polar surface area (TPSA) is 104 Å². The third-order valence-corrected chi connectivity index (χ3v) is 4.21. The molecule has 0 spiro atoms. The number of anilines is 1. The van der Waals surface area contributed by atoms with Crippen molar-refractivity contribution in [2.75, 3.05) is 5.32 Å². The second-order valence-electron chi connectivity index (χ2n) is 5.47. The Balaban J connectivity index is 1.73. The SMILES string of the molecule is O=C(Nc1ccc(Cl)c([N+](=O)[O-])c1)N[C@@H]1c2ccccc2C[C@@H]1O. The number of nitrogens with zero attached hydrogens (tertiary/aromatic N) is 1. The molecule has 3 N–H and O–H groups in total. The number of benzene rings is 2. The molecule has 0 radical (unpaired) electrons. The standard InChI is InChI=1S/C16H14ClN3O4/c17-12-6-5-10(8-13(12)20(23)24)18-16(22)19-15-11-4-2-1-3-9(11)7-14(15)21/h1-6,8,14-15,21H,7H2,(H2,18,19,22)/t14-,15+/m0/s1. The summed E-state index contributed by atoms with van der Waals surface area (Å²) in [4.78, 5) is 22.4. The number of carbonyl (C=O) groups excluding carboxylic acids is 1. The van der Waals surface area contributed by atoms with Crippen LogP contribution in [0.3, 0.4) is 0 Å². The van der Waals surface area contributed by atoms with Crippen molar-refractivity contribution in [1.82, 2.24) is 5.32 Å². The van der Waals surface area contributed by atoms with Gasteiger partial charge in [0.15, 0.2) is 0 Å². The lowest BCUT2D eigenvalue weighted by molar-refractivity contribution is -0.384. The maximum absolute atomic E-state index is 12.2. The number of nitro groups is 1. The van der Waals surface area contributed by atoms with Crippen LogP contribution in [0.5, 0.6) is 0 Å². The number of aliphatic hydroxyl groups excluding tert-OH is 1. The molecule has 0 saturated heterocycles. The van der Waals surface area contributed by atoms with Crippen LogP contribution in [0, 0.1) is 10.1 Å². The summed E-state index contributed by atoms with van der Waals surface area (Å²) in [5.74, 6) is 0. The van der Waals surface area contributed by atoms with Crippen LogP contribution in [-0.2, 0) is 6.42 Å². The predicted molar refractivity (Wildman–Crippen MR) is 89.2 cm³/mol. The zero-order valence-corrected chi connectivity index (χ0v) is 13.2. The van der Waals surface area contributed by atoms with Crippen molar-refractivity contribution >= 4 is 29.0 Å². The highest BCUT2D eigenvalue weighted by atomic mass is 35.5. The van der Waals surface area contributed by atoms with Gasteiger partial charge in [-0.3, -0.25) is 10.1 Å². The van der Waals surface area contributed by atoms with Gasteiger partial charge in [0.1, 0.15) is 5.02 Å². The van der Waals surface area contributed by atoms with E-state index >= 15 is 0 Å². The van der Waals surface area contributed by atoms with E-state index in [2.05, 4.69) is 10.6 Å². The van der Waals surface area contributed by atoms with Gasteiger partial charge in [-0.25, -0.2) is 4.79 Å².